The highest BCUT2D eigenvalue weighted by atomic mass is 32.1. The Morgan fingerprint density at radius 2 is 1.96 bits per heavy atom. The van der Waals surface area contributed by atoms with Crippen molar-refractivity contribution in [2.75, 3.05) is 23.3 Å². The van der Waals surface area contributed by atoms with Gasteiger partial charge in [-0.2, -0.15) is 0 Å². The van der Waals surface area contributed by atoms with Gasteiger partial charge in [0.2, 0.25) is 0 Å². The molecular formula is C18H17N3OS. The lowest BCUT2D eigenvalue weighted by molar-refractivity contribution is 0.102. The summed E-state index contributed by atoms with van der Waals surface area (Å²) in [7, 11) is 0. The van der Waals surface area contributed by atoms with Crippen LogP contribution in [0.5, 0.6) is 0 Å². The van der Waals surface area contributed by atoms with Gasteiger partial charge < -0.3 is 10.2 Å². The molecule has 1 aliphatic heterocycles. The Morgan fingerprint density at radius 3 is 2.83 bits per heavy atom. The monoisotopic (exact) mass is 323 g/mol. The number of aromatic nitrogens is 1. The van der Waals surface area contributed by atoms with Crippen LogP contribution in [0.15, 0.2) is 48.0 Å². The summed E-state index contributed by atoms with van der Waals surface area (Å²) in [6.07, 6.45) is 2.43. The largest absolute Gasteiger partial charge is 0.370 e. The third-order valence-corrected chi connectivity index (χ3v) is 4.98. The molecule has 0 aliphatic carbocycles. The first kappa shape index (κ1) is 14.2. The number of hydrogen-bond acceptors (Lipinski definition) is 4. The van der Waals surface area contributed by atoms with E-state index in [0.717, 1.165) is 34.7 Å². The quantitative estimate of drug-likeness (QED) is 0.787. The summed E-state index contributed by atoms with van der Waals surface area (Å²) in [5.41, 5.74) is 5.39. The number of benzene rings is 2. The fraction of sp³-hybridized carbons (Fsp3) is 0.222. The van der Waals surface area contributed by atoms with Crippen LogP contribution in [0, 0.1) is 0 Å². The standard InChI is InChI=1S/C18H17N3OS/c22-18(13-7-8-15-17(11-13)23-12-19-15)20-14-5-1-2-6-16(14)21-9-3-4-10-21/h1-2,5-8,11-12H,3-4,9-10H2,(H,20,22). The van der Waals surface area contributed by atoms with Gasteiger partial charge in [0.1, 0.15) is 0 Å². The number of carbonyl (C=O) groups excluding carboxylic acids is 1. The molecule has 2 aromatic carbocycles. The third-order valence-electron chi connectivity index (χ3n) is 4.19. The van der Waals surface area contributed by atoms with Crippen molar-refractivity contribution >= 4 is 38.8 Å². The van der Waals surface area contributed by atoms with Gasteiger partial charge >= 0.3 is 0 Å². The van der Waals surface area contributed by atoms with E-state index in [2.05, 4.69) is 21.3 Å². The number of rotatable bonds is 3. The maximum atomic E-state index is 12.6. The van der Waals surface area contributed by atoms with Gasteiger partial charge in [-0.3, -0.25) is 4.79 Å². The molecule has 0 bridgehead atoms. The fourth-order valence-corrected chi connectivity index (χ4v) is 3.72. The van der Waals surface area contributed by atoms with Gasteiger partial charge in [-0.25, -0.2) is 4.98 Å². The number of carbonyl (C=O) groups is 1. The van der Waals surface area contributed by atoms with Crippen LogP contribution in [0.1, 0.15) is 23.2 Å². The first-order chi connectivity index (χ1) is 11.3. The van der Waals surface area contributed by atoms with E-state index in [9.17, 15) is 4.79 Å². The summed E-state index contributed by atoms with van der Waals surface area (Å²) in [4.78, 5) is 19.2. The summed E-state index contributed by atoms with van der Waals surface area (Å²) in [5.74, 6) is -0.0769. The summed E-state index contributed by atoms with van der Waals surface area (Å²) in [6, 6.07) is 13.7. The average molecular weight is 323 g/mol. The second-order valence-corrected chi connectivity index (χ2v) is 6.59. The molecule has 0 saturated carbocycles. The van der Waals surface area contributed by atoms with Crippen LogP contribution >= 0.6 is 11.3 Å². The van der Waals surface area contributed by atoms with Gasteiger partial charge in [0.15, 0.2) is 0 Å². The zero-order valence-corrected chi connectivity index (χ0v) is 13.5. The van der Waals surface area contributed by atoms with E-state index < -0.39 is 0 Å². The maximum Gasteiger partial charge on any atom is 0.255 e. The average Bonchev–Trinajstić information content (AvgIpc) is 3.26. The minimum atomic E-state index is -0.0769. The predicted octanol–water partition coefficient (Wildman–Crippen LogP) is 4.15. The van der Waals surface area contributed by atoms with E-state index in [0.29, 0.717) is 5.56 Å². The van der Waals surface area contributed by atoms with Crippen molar-refractivity contribution in [1.29, 1.82) is 0 Å². The Hall–Kier alpha value is -2.40. The number of thiazole rings is 1. The molecular weight excluding hydrogens is 306 g/mol. The van der Waals surface area contributed by atoms with Crippen molar-refractivity contribution < 1.29 is 4.79 Å². The molecule has 1 aromatic heterocycles. The van der Waals surface area contributed by atoms with Gasteiger partial charge in [0, 0.05) is 18.7 Å². The van der Waals surface area contributed by atoms with Gasteiger partial charge in [-0.05, 0) is 43.2 Å². The van der Waals surface area contributed by atoms with Crippen molar-refractivity contribution in [2.45, 2.75) is 12.8 Å². The minimum absolute atomic E-state index is 0.0769. The number of para-hydroxylation sites is 2. The second kappa shape index (κ2) is 6.01. The van der Waals surface area contributed by atoms with E-state index in [1.165, 1.54) is 12.8 Å². The first-order valence-electron chi connectivity index (χ1n) is 7.80. The molecule has 4 rings (SSSR count). The maximum absolute atomic E-state index is 12.6. The van der Waals surface area contributed by atoms with Crippen LogP contribution in [0.25, 0.3) is 10.2 Å². The van der Waals surface area contributed by atoms with Crippen LogP contribution in [0.2, 0.25) is 0 Å². The fourth-order valence-electron chi connectivity index (χ4n) is 3.00. The van der Waals surface area contributed by atoms with Crippen molar-refractivity contribution in [2.24, 2.45) is 0 Å². The highest BCUT2D eigenvalue weighted by Gasteiger charge is 2.17. The van der Waals surface area contributed by atoms with Crippen LogP contribution in [-0.4, -0.2) is 24.0 Å². The van der Waals surface area contributed by atoms with Crippen molar-refractivity contribution in [3.05, 3.63) is 53.5 Å². The van der Waals surface area contributed by atoms with Gasteiger partial charge in [0.25, 0.3) is 5.91 Å². The molecule has 1 aliphatic rings. The zero-order valence-electron chi connectivity index (χ0n) is 12.7. The van der Waals surface area contributed by atoms with Crippen LogP contribution < -0.4 is 10.2 Å². The van der Waals surface area contributed by atoms with Crippen molar-refractivity contribution in [3.63, 3.8) is 0 Å². The van der Waals surface area contributed by atoms with Crippen molar-refractivity contribution in [1.82, 2.24) is 4.98 Å². The molecule has 1 amide bonds. The number of nitrogens with one attached hydrogen (secondary N) is 1. The van der Waals surface area contributed by atoms with E-state index in [1.54, 1.807) is 16.8 Å². The van der Waals surface area contributed by atoms with Crippen LogP contribution in [0.4, 0.5) is 11.4 Å². The molecule has 23 heavy (non-hydrogen) atoms. The number of hydrogen-bond donors (Lipinski definition) is 1. The highest BCUT2D eigenvalue weighted by molar-refractivity contribution is 7.16. The molecule has 116 valence electrons. The smallest absolute Gasteiger partial charge is 0.255 e. The van der Waals surface area contributed by atoms with Crippen LogP contribution in [0.3, 0.4) is 0 Å². The molecule has 2 heterocycles. The Labute approximate surface area is 138 Å². The van der Waals surface area contributed by atoms with E-state index >= 15 is 0 Å². The lowest BCUT2D eigenvalue weighted by atomic mass is 10.2. The van der Waals surface area contributed by atoms with Gasteiger partial charge in [-0.15, -0.1) is 11.3 Å². The zero-order chi connectivity index (χ0) is 15.6. The lowest BCUT2D eigenvalue weighted by Gasteiger charge is -2.21. The molecule has 1 N–H and O–H groups in total. The number of fused-ring (bicyclic) bond motifs is 1. The summed E-state index contributed by atoms with van der Waals surface area (Å²) >= 11 is 1.55. The molecule has 0 spiro atoms. The molecule has 0 unspecified atom stereocenters. The van der Waals surface area contributed by atoms with Crippen molar-refractivity contribution in [3.8, 4) is 0 Å². The Morgan fingerprint density at radius 1 is 1.13 bits per heavy atom. The van der Waals surface area contributed by atoms with E-state index in [1.807, 2.05) is 36.4 Å². The molecule has 1 fully saturated rings. The van der Waals surface area contributed by atoms with Gasteiger partial charge in [0.05, 0.1) is 27.1 Å². The Bertz CT molecular complexity index is 852. The lowest BCUT2D eigenvalue weighted by Crippen LogP contribution is -2.21. The predicted molar refractivity (Wildman–Crippen MR) is 95.5 cm³/mol. The van der Waals surface area contributed by atoms with E-state index in [4.69, 9.17) is 0 Å². The first-order valence-corrected chi connectivity index (χ1v) is 8.68. The normalized spacial score (nSPS) is 14.3. The topological polar surface area (TPSA) is 45.2 Å². The second-order valence-electron chi connectivity index (χ2n) is 5.70. The summed E-state index contributed by atoms with van der Waals surface area (Å²) < 4.78 is 1.03. The minimum Gasteiger partial charge on any atom is -0.370 e. The molecule has 0 atom stereocenters. The highest BCUT2D eigenvalue weighted by Crippen LogP contribution is 2.29. The molecule has 4 nitrogen and oxygen atoms in total. The van der Waals surface area contributed by atoms with E-state index in [-0.39, 0.29) is 5.91 Å². The number of nitrogens with zero attached hydrogens (tertiary/aromatic N) is 2. The molecule has 5 heteroatoms. The Kier molecular flexibility index (Phi) is 3.71. The number of amides is 1. The summed E-state index contributed by atoms with van der Waals surface area (Å²) in [5, 5.41) is 3.06. The third kappa shape index (κ3) is 2.80. The summed E-state index contributed by atoms with van der Waals surface area (Å²) in [6.45, 7) is 2.11. The van der Waals surface area contributed by atoms with Crippen LogP contribution in [-0.2, 0) is 0 Å². The molecule has 3 aromatic rings. The van der Waals surface area contributed by atoms with Gasteiger partial charge in [-0.1, -0.05) is 12.1 Å². The SMILES string of the molecule is O=C(Nc1ccccc1N1CCCC1)c1ccc2ncsc2c1. The molecule has 0 radical (unpaired) electrons. The Balaban J connectivity index is 1.61. The number of anilines is 2. The molecule has 1 saturated heterocycles.